The van der Waals surface area contributed by atoms with Gasteiger partial charge >= 0.3 is 0 Å². The Morgan fingerprint density at radius 3 is 2.66 bits per heavy atom. The summed E-state index contributed by atoms with van der Waals surface area (Å²) in [5.41, 5.74) is 8.12. The number of nitrogens with zero attached hydrogens (tertiary/aromatic N) is 4. The van der Waals surface area contributed by atoms with Crippen LogP contribution in [0.5, 0.6) is 0 Å². The Morgan fingerprint density at radius 2 is 2.00 bits per heavy atom. The lowest BCUT2D eigenvalue weighted by molar-refractivity contribution is 0.445. The summed E-state index contributed by atoms with van der Waals surface area (Å²) in [6.07, 6.45) is 6.32. The molecule has 1 aliphatic rings. The number of aromatic nitrogens is 3. The average Bonchev–Trinajstić information content (AvgIpc) is 2.82. The van der Waals surface area contributed by atoms with Gasteiger partial charge in [-0.05, 0) is 35.1 Å². The second-order valence-electron chi connectivity index (χ2n) is 9.81. The largest absolute Gasteiger partial charge is 0.389 e. The number of benzene rings is 1. The minimum absolute atomic E-state index is 0.143. The number of rotatable bonds is 11. The summed E-state index contributed by atoms with van der Waals surface area (Å²) in [6.45, 7) is 6.68. The van der Waals surface area contributed by atoms with Crippen LogP contribution >= 0.6 is 11.6 Å². The number of pyridine rings is 1. The minimum Gasteiger partial charge on any atom is -0.389 e. The highest BCUT2D eigenvalue weighted by molar-refractivity contribution is 7.90. The number of hydrogen-bond acceptors (Lipinski definition) is 10. The van der Waals surface area contributed by atoms with Gasteiger partial charge in [0.05, 0.1) is 11.3 Å². The van der Waals surface area contributed by atoms with Gasteiger partial charge in [-0.2, -0.15) is 0 Å². The van der Waals surface area contributed by atoms with Crippen molar-refractivity contribution in [2.75, 3.05) is 48.4 Å². The molecule has 1 saturated heterocycles. The average molecular weight is 557 g/mol. The maximum atomic E-state index is 11.7. The number of fused-ring (bicyclic) bond motifs is 1. The van der Waals surface area contributed by atoms with Gasteiger partial charge < -0.3 is 21.3 Å². The molecular weight excluding hydrogens is 524 g/mol. The van der Waals surface area contributed by atoms with Crippen molar-refractivity contribution in [2.24, 2.45) is 11.7 Å². The number of sulfone groups is 1. The van der Waals surface area contributed by atoms with E-state index in [1.165, 1.54) is 11.8 Å². The maximum absolute atomic E-state index is 11.7. The van der Waals surface area contributed by atoms with Crippen LogP contribution in [0.25, 0.3) is 16.3 Å². The molecule has 0 unspecified atom stereocenters. The van der Waals surface area contributed by atoms with Gasteiger partial charge in [0.25, 0.3) is 0 Å². The summed E-state index contributed by atoms with van der Waals surface area (Å²) >= 11 is 5.98. The lowest BCUT2D eigenvalue weighted by Crippen LogP contribution is -2.49. The van der Waals surface area contributed by atoms with Crippen LogP contribution in [0.15, 0.2) is 42.9 Å². The fraction of sp³-hybridized carbons (Fsp3) is 0.385. The molecular formula is C26H33ClN8O2S. The number of allylic oxidation sites excluding steroid dienone is 1. The zero-order valence-corrected chi connectivity index (χ0v) is 23.3. The number of nitrogens with one attached hydrogen (secondary N) is 3. The van der Waals surface area contributed by atoms with Crippen LogP contribution in [0.2, 0.25) is 0 Å². The molecule has 12 heteroatoms. The summed E-state index contributed by atoms with van der Waals surface area (Å²) in [6, 6.07) is 7.97. The van der Waals surface area contributed by atoms with Gasteiger partial charge in [0.15, 0.2) is 5.82 Å². The Morgan fingerprint density at radius 1 is 1.24 bits per heavy atom. The Bertz CT molecular complexity index is 1470. The monoisotopic (exact) mass is 556 g/mol. The molecule has 0 aliphatic carbocycles. The molecule has 0 atom stereocenters. The van der Waals surface area contributed by atoms with E-state index in [9.17, 15) is 8.42 Å². The van der Waals surface area contributed by atoms with E-state index in [1.807, 2.05) is 12.3 Å². The molecule has 0 radical (unpaired) electrons. The standard InChI is InChI=1S/C26H33ClN8O2S/c1-16(2)18-4-5-22(35-13-17(14-35)15-38(3,36)37)20-12-32-24(10-19(18)20)33-23-6-8-31-26(34-23)21(25(27)29)11-30-9-7-28/h4-6,8,10-12,16-17,29-30H,7,9,13-15,28H2,1-3H3,(H,31,32,33,34)/b21-11+,29-25?. The number of nitrogens with two attached hydrogens (primary N) is 1. The molecule has 4 rings (SSSR count). The SMILES string of the molecule is CC(C)c1ccc(N2CC(CS(C)(=O)=O)C2)c2cnc(Nc3ccnc(/C(=C/NCCN)C(=N)Cl)n3)cc12. The van der Waals surface area contributed by atoms with Crippen LogP contribution in [0.3, 0.4) is 0 Å². The molecule has 38 heavy (non-hydrogen) atoms. The Labute approximate surface area is 228 Å². The van der Waals surface area contributed by atoms with Crippen molar-refractivity contribution in [1.29, 1.82) is 5.41 Å². The van der Waals surface area contributed by atoms with E-state index in [2.05, 4.69) is 56.5 Å². The molecule has 3 heterocycles. The van der Waals surface area contributed by atoms with E-state index in [4.69, 9.17) is 22.7 Å². The molecule has 202 valence electrons. The van der Waals surface area contributed by atoms with E-state index < -0.39 is 9.84 Å². The highest BCUT2D eigenvalue weighted by atomic mass is 35.5. The molecule has 1 aliphatic heterocycles. The zero-order valence-electron chi connectivity index (χ0n) is 21.7. The van der Waals surface area contributed by atoms with Crippen LogP contribution in [0.4, 0.5) is 17.3 Å². The quantitative estimate of drug-likeness (QED) is 0.205. The first-order chi connectivity index (χ1) is 18.1. The summed E-state index contributed by atoms with van der Waals surface area (Å²) < 4.78 is 23.4. The van der Waals surface area contributed by atoms with Crippen molar-refractivity contribution in [3.63, 3.8) is 0 Å². The molecule has 0 amide bonds. The molecule has 1 aromatic carbocycles. The first kappa shape index (κ1) is 27.7. The van der Waals surface area contributed by atoms with Crippen molar-refractivity contribution in [2.45, 2.75) is 19.8 Å². The van der Waals surface area contributed by atoms with Crippen molar-refractivity contribution in [3.05, 3.63) is 54.2 Å². The van der Waals surface area contributed by atoms with Gasteiger partial charge in [0, 0.05) is 68.0 Å². The fourth-order valence-corrected chi connectivity index (χ4v) is 5.77. The molecule has 0 spiro atoms. The normalized spacial score (nSPS) is 14.6. The van der Waals surface area contributed by atoms with Crippen molar-refractivity contribution >= 4 is 60.3 Å². The number of anilines is 3. The molecule has 2 aromatic heterocycles. The Hall–Kier alpha value is -3.28. The fourth-order valence-electron chi connectivity index (χ4n) is 4.57. The molecule has 10 nitrogen and oxygen atoms in total. The minimum atomic E-state index is -2.99. The molecule has 1 fully saturated rings. The third kappa shape index (κ3) is 6.58. The van der Waals surface area contributed by atoms with Gasteiger partial charge in [-0.15, -0.1) is 0 Å². The van der Waals surface area contributed by atoms with Crippen LogP contribution < -0.4 is 21.3 Å². The lowest BCUT2D eigenvalue weighted by atomic mass is 9.93. The first-order valence-electron chi connectivity index (χ1n) is 12.4. The first-order valence-corrected chi connectivity index (χ1v) is 14.8. The third-order valence-electron chi connectivity index (χ3n) is 6.29. The van der Waals surface area contributed by atoms with E-state index in [1.54, 1.807) is 18.5 Å². The predicted octanol–water partition coefficient (Wildman–Crippen LogP) is 3.48. The van der Waals surface area contributed by atoms with Gasteiger partial charge in [0.2, 0.25) is 0 Å². The van der Waals surface area contributed by atoms with E-state index in [-0.39, 0.29) is 16.8 Å². The topological polar surface area (TPSA) is 150 Å². The van der Waals surface area contributed by atoms with E-state index >= 15 is 0 Å². The van der Waals surface area contributed by atoms with Crippen molar-refractivity contribution in [1.82, 2.24) is 20.3 Å². The van der Waals surface area contributed by atoms with Crippen molar-refractivity contribution in [3.8, 4) is 0 Å². The summed E-state index contributed by atoms with van der Waals surface area (Å²) in [7, 11) is -2.99. The number of hydrogen-bond donors (Lipinski definition) is 4. The maximum Gasteiger partial charge on any atom is 0.166 e. The van der Waals surface area contributed by atoms with Gasteiger partial charge in [-0.1, -0.05) is 31.5 Å². The smallest absolute Gasteiger partial charge is 0.166 e. The zero-order chi connectivity index (χ0) is 27.4. The van der Waals surface area contributed by atoms with E-state index in [0.717, 1.165) is 16.5 Å². The molecule has 0 saturated carbocycles. The molecule has 3 aromatic rings. The van der Waals surface area contributed by atoms with Gasteiger partial charge in [-0.3, -0.25) is 5.41 Å². The van der Waals surface area contributed by atoms with Crippen LogP contribution in [-0.2, 0) is 9.84 Å². The Balaban J connectivity index is 1.62. The third-order valence-corrected chi connectivity index (χ3v) is 7.57. The van der Waals surface area contributed by atoms with Crippen LogP contribution in [-0.4, -0.2) is 66.7 Å². The lowest BCUT2D eigenvalue weighted by Gasteiger charge is -2.41. The Kier molecular flexibility index (Phi) is 8.49. The van der Waals surface area contributed by atoms with E-state index in [0.29, 0.717) is 55.1 Å². The molecule has 0 bridgehead atoms. The summed E-state index contributed by atoms with van der Waals surface area (Å²) in [5.74, 6) is 2.08. The number of halogens is 1. The highest BCUT2D eigenvalue weighted by Gasteiger charge is 2.31. The van der Waals surface area contributed by atoms with Gasteiger partial charge in [-0.25, -0.2) is 23.4 Å². The predicted molar refractivity (Wildman–Crippen MR) is 155 cm³/mol. The second kappa shape index (κ2) is 11.6. The second-order valence-corrected chi connectivity index (χ2v) is 12.4. The molecule has 5 N–H and O–H groups in total. The summed E-state index contributed by atoms with van der Waals surface area (Å²) in [5, 5.41) is 16.0. The van der Waals surface area contributed by atoms with Crippen LogP contribution in [0.1, 0.15) is 31.2 Å². The van der Waals surface area contributed by atoms with Crippen LogP contribution in [0, 0.1) is 11.3 Å². The summed E-state index contributed by atoms with van der Waals surface area (Å²) in [4.78, 5) is 15.7. The highest BCUT2D eigenvalue weighted by Crippen LogP contribution is 2.37. The van der Waals surface area contributed by atoms with Gasteiger partial charge in [0.1, 0.15) is 26.6 Å². The van der Waals surface area contributed by atoms with Crippen molar-refractivity contribution < 1.29 is 8.42 Å².